The first-order valence-corrected chi connectivity index (χ1v) is 6.99. The number of aryl methyl sites for hydroxylation is 1. The molecular formula is C10H15N3S2. The summed E-state index contributed by atoms with van der Waals surface area (Å²) in [5, 5.41) is 4.51. The van der Waals surface area contributed by atoms with Crippen LogP contribution in [0.4, 0.5) is 0 Å². The minimum absolute atomic E-state index is 0.608. The van der Waals surface area contributed by atoms with E-state index in [1.807, 2.05) is 24.2 Å². The molecule has 1 aliphatic rings. The molecule has 3 nitrogen and oxygen atoms in total. The first kappa shape index (κ1) is 11.0. The van der Waals surface area contributed by atoms with Crippen LogP contribution in [0.5, 0.6) is 0 Å². The average Bonchev–Trinajstić information content (AvgIpc) is 2.84. The van der Waals surface area contributed by atoms with Crippen LogP contribution in [-0.2, 0) is 6.54 Å². The first-order chi connectivity index (χ1) is 7.29. The normalized spacial score (nSPS) is 23.3. The van der Waals surface area contributed by atoms with Crippen LogP contribution in [-0.4, -0.2) is 21.9 Å². The second-order valence-corrected chi connectivity index (χ2v) is 5.49. The summed E-state index contributed by atoms with van der Waals surface area (Å²) in [5.74, 6) is 1.15. The maximum Gasteiger partial charge on any atom is 0.157 e. The fourth-order valence-corrected chi connectivity index (χ4v) is 3.15. The molecule has 0 aliphatic carbocycles. The number of nitrogens with zero attached hydrogens (tertiary/aromatic N) is 2. The molecule has 1 saturated heterocycles. The Kier molecular flexibility index (Phi) is 3.64. The molecule has 0 radical (unpaired) electrons. The molecule has 1 N–H and O–H groups in total. The molecule has 2 rings (SSSR count). The second-order valence-electron chi connectivity index (χ2n) is 3.54. The van der Waals surface area contributed by atoms with E-state index >= 15 is 0 Å². The molecule has 1 aromatic rings. The minimum atomic E-state index is 0.608. The quantitative estimate of drug-likeness (QED) is 0.883. The van der Waals surface area contributed by atoms with E-state index in [4.69, 9.17) is 0 Å². The Morgan fingerprint density at radius 1 is 1.67 bits per heavy atom. The van der Waals surface area contributed by atoms with Crippen molar-refractivity contribution in [3.05, 3.63) is 16.1 Å². The third kappa shape index (κ3) is 2.72. The van der Waals surface area contributed by atoms with E-state index in [2.05, 4.69) is 22.2 Å². The topological polar surface area (TPSA) is 37.3 Å². The summed E-state index contributed by atoms with van der Waals surface area (Å²) < 4.78 is 0. The van der Waals surface area contributed by atoms with Gasteiger partial charge in [0, 0.05) is 16.7 Å². The number of nitrogens with one attached hydrogen (secondary N) is 1. The highest BCUT2D eigenvalue weighted by atomic mass is 32.2. The zero-order valence-corrected chi connectivity index (χ0v) is 10.6. The molecule has 0 saturated carbocycles. The van der Waals surface area contributed by atoms with Crippen LogP contribution in [0.2, 0.25) is 0 Å². The van der Waals surface area contributed by atoms with Crippen molar-refractivity contribution < 1.29 is 0 Å². The number of aromatic nitrogens is 1. The number of thioether (sulfide) groups is 1. The third-order valence-corrected chi connectivity index (χ3v) is 4.46. The van der Waals surface area contributed by atoms with Crippen LogP contribution < -0.4 is 5.32 Å². The summed E-state index contributed by atoms with van der Waals surface area (Å²) in [6.07, 6.45) is 1.17. The lowest BCUT2D eigenvalue weighted by atomic mass is 10.3. The number of hydrogen-bond acceptors (Lipinski definition) is 4. The number of hydrogen-bond donors (Lipinski definition) is 1. The summed E-state index contributed by atoms with van der Waals surface area (Å²) in [6.45, 7) is 5.01. The Morgan fingerprint density at radius 2 is 2.53 bits per heavy atom. The fraction of sp³-hybridized carbons (Fsp3) is 0.600. The van der Waals surface area contributed by atoms with Crippen LogP contribution in [0, 0.1) is 6.92 Å². The van der Waals surface area contributed by atoms with Crippen molar-refractivity contribution in [1.29, 1.82) is 0 Å². The molecule has 1 atom stereocenters. The van der Waals surface area contributed by atoms with Gasteiger partial charge in [0.25, 0.3) is 0 Å². The predicted octanol–water partition coefficient (Wildman–Crippen LogP) is 2.42. The fourth-order valence-electron chi connectivity index (χ4n) is 1.37. The monoisotopic (exact) mass is 241 g/mol. The van der Waals surface area contributed by atoms with Gasteiger partial charge in [0.2, 0.25) is 0 Å². The zero-order valence-electron chi connectivity index (χ0n) is 8.99. The standard InChI is InChI=1S/C10H15N3S2/c1-3-8-5-14-10(13-8)11-4-9-7(2)12-6-15-9/h6,8H,3-5H2,1-2H3,(H,11,13). The molecule has 1 fully saturated rings. The maximum atomic E-state index is 4.56. The van der Waals surface area contributed by atoms with Gasteiger partial charge in [-0.25, -0.2) is 4.98 Å². The molecule has 0 aromatic carbocycles. The van der Waals surface area contributed by atoms with Crippen LogP contribution in [0.1, 0.15) is 23.9 Å². The molecule has 0 spiro atoms. The zero-order chi connectivity index (χ0) is 10.7. The Labute approximate surface area is 98.4 Å². The van der Waals surface area contributed by atoms with Gasteiger partial charge < -0.3 is 5.32 Å². The van der Waals surface area contributed by atoms with Crippen molar-refractivity contribution in [3.8, 4) is 0 Å². The van der Waals surface area contributed by atoms with E-state index in [9.17, 15) is 0 Å². The third-order valence-electron chi connectivity index (χ3n) is 2.45. The Morgan fingerprint density at radius 3 is 3.13 bits per heavy atom. The number of aliphatic imine (C=N–C) groups is 1. The lowest BCUT2D eigenvalue weighted by molar-refractivity contribution is 0.667. The molecule has 82 valence electrons. The lowest BCUT2D eigenvalue weighted by Crippen LogP contribution is -2.25. The molecule has 0 amide bonds. The molecule has 5 heteroatoms. The molecule has 1 aliphatic heterocycles. The van der Waals surface area contributed by atoms with E-state index in [1.54, 1.807) is 11.3 Å². The van der Waals surface area contributed by atoms with Crippen LogP contribution in [0.25, 0.3) is 0 Å². The largest absolute Gasteiger partial charge is 0.361 e. The highest BCUT2D eigenvalue weighted by Gasteiger charge is 2.17. The van der Waals surface area contributed by atoms with Crippen molar-refractivity contribution in [1.82, 2.24) is 10.3 Å². The molecule has 1 unspecified atom stereocenters. The Balaban J connectivity index is 1.93. The van der Waals surface area contributed by atoms with Crippen molar-refractivity contribution in [2.24, 2.45) is 4.99 Å². The van der Waals surface area contributed by atoms with Gasteiger partial charge in [0.1, 0.15) is 0 Å². The number of rotatable bonds is 3. The molecule has 1 aromatic heterocycles. The summed E-state index contributed by atoms with van der Waals surface area (Å²) >= 11 is 3.51. The minimum Gasteiger partial charge on any atom is -0.361 e. The average molecular weight is 241 g/mol. The van der Waals surface area contributed by atoms with Crippen LogP contribution in [0.3, 0.4) is 0 Å². The molecular weight excluding hydrogens is 226 g/mol. The van der Waals surface area contributed by atoms with Crippen LogP contribution >= 0.6 is 23.1 Å². The Hall–Kier alpha value is -0.550. The van der Waals surface area contributed by atoms with Gasteiger partial charge in [-0.15, -0.1) is 11.3 Å². The molecule has 15 heavy (non-hydrogen) atoms. The van der Waals surface area contributed by atoms with E-state index < -0.39 is 0 Å². The number of thiazole rings is 1. The van der Waals surface area contributed by atoms with Crippen molar-refractivity contribution >= 4 is 28.3 Å². The van der Waals surface area contributed by atoms with E-state index in [0.29, 0.717) is 6.04 Å². The summed E-state index contributed by atoms with van der Waals surface area (Å²) in [7, 11) is 0. The Bertz CT molecular complexity index is 359. The molecule has 0 bridgehead atoms. The van der Waals surface area contributed by atoms with E-state index in [1.165, 1.54) is 11.3 Å². The second kappa shape index (κ2) is 4.99. The highest BCUT2D eigenvalue weighted by molar-refractivity contribution is 8.14. The van der Waals surface area contributed by atoms with Crippen molar-refractivity contribution in [2.75, 3.05) is 5.75 Å². The van der Waals surface area contributed by atoms with Gasteiger partial charge in [-0.05, 0) is 13.3 Å². The van der Waals surface area contributed by atoms with E-state index in [-0.39, 0.29) is 0 Å². The smallest absolute Gasteiger partial charge is 0.157 e. The van der Waals surface area contributed by atoms with Crippen molar-refractivity contribution in [3.63, 3.8) is 0 Å². The SMILES string of the molecule is CCC1CSC(=NCc2scnc2C)N1. The number of amidine groups is 1. The van der Waals surface area contributed by atoms with Crippen molar-refractivity contribution in [2.45, 2.75) is 32.9 Å². The predicted molar refractivity (Wildman–Crippen MR) is 67.7 cm³/mol. The highest BCUT2D eigenvalue weighted by Crippen LogP contribution is 2.18. The van der Waals surface area contributed by atoms with Gasteiger partial charge in [-0.1, -0.05) is 18.7 Å². The van der Waals surface area contributed by atoms with Crippen LogP contribution in [0.15, 0.2) is 10.5 Å². The first-order valence-electron chi connectivity index (χ1n) is 5.12. The summed E-state index contributed by atoms with van der Waals surface area (Å²) in [6, 6.07) is 0.608. The lowest BCUT2D eigenvalue weighted by Gasteiger charge is -2.04. The van der Waals surface area contributed by atoms with Gasteiger partial charge in [-0.2, -0.15) is 0 Å². The maximum absolute atomic E-state index is 4.56. The summed E-state index contributed by atoms with van der Waals surface area (Å²) in [4.78, 5) is 10.0. The molecule has 2 heterocycles. The van der Waals surface area contributed by atoms with Gasteiger partial charge in [-0.3, -0.25) is 4.99 Å². The van der Waals surface area contributed by atoms with Gasteiger partial charge >= 0.3 is 0 Å². The van der Waals surface area contributed by atoms with E-state index in [0.717, 1.165) is 23.2 Å². The van der Waals surface area contributed by atoms with Gasteiger partial charge in [0.05, 0.1) is 17.7 Å². The summed E-state index contributed by atoms with van der Waals surface area (Å²) in [5.41, 5.74) is 2.99. The van der Waals surface area contributed by atoms with Gasteiger partial charge in [0.15, 0.2) is 5.17 Å².